The van der Waals surface area contributed by atoms with E-state index >= 15 is 0 Å². The van der Waals surface area contributed by atoms with Gasteiger partial charge in [0.2, 0.25) is 0 Å². The van der Waals surface area contributed by atoms with Gasteiger partial charge in [-0.2, -0.15) is 0 Å². The van der Waals surface area contributed by atoms with Gasteiger partial charge in [-0.3, -0.25) is 4.79 Å². The van der Waals surface area contributed by atoms with E-state index in [0.717, 1.165) is 32.1 Å². The first-order valence-electron chi connectivity index (χ1n) is 8.59. The molecule has 2 nitrogen and oxygen atoms in total. The van der Waals surface area contributed by atoms with Gasteiger partial charge in [0.05, 0.1) is 0 Å². The van der Waals surface area contributed by atoms with Crippen LogP contribution in [0.25, 0.3) is 0 Å². The van der Waals surface area contributed by atoms with Gasteiger partial charge in [0.1, 0.15) is 0 Å². The molecule has 0 saturated heterocycles. The predicted octanol–water partition coefficient (Wildman–Crippen LogP) is 6.06. The summed E-state index contributed by atoms with van der Waals surface area (Å²) >= 11 is 0. The van der Waals surface area contributed by atoms with Crippen molar-refractivity contribution >= 4 is 43.7 Å². The summed E-state index contributed by atoms with van der Waals surface area (Å²) in [6.45, 7) is 2.23. The Hall–Kier alpha value is -0.310. The van der Waals surface area contributed by atoms with Crippen molar-refractivity contribution in [3.05, 3.63) is 48.6 Å². The fourth-order valence-corrected chi connectivity index (χ4v) is 1.93. The molecule has 0 aromatic rings. The minimum absolute atomic E-state index is 0. The fraction of sp³-hybridized carbons (Fsp3) is 0.550. The van der Waals surface area contributed by atoms with Gasteiger partial charge in [0.15, 0.2) is 0 Å². The standard InChI is InChI=1S/C20H32O2.Ca.2H/c1-2-3-4-5-6-7-8-9-10-11-12-13-14-15-16-17-18-19-20(21)22;;;/h6-7,9-10,12-13,15-16H,2-5,8,11,14,17-19H2,1H3,(H,21,22);;;/q;+2;2*-1. The number of unbranched alkanes of at least 4 members (excludes halogenated alkanes) is 4. The Bertz CT molecular complexity index is 378. The molecule has 0 aromatic carbocycles. The van der Waals surface area contributed by atoms with Gasteiger partial charge in [0, 0.05) is 6.42 Å². The van der Waals surface area contributed by atoms with E-state index in [-0.39, 0.29) is 47.0 Å². The average Bonchev–Trinajstić information content (AvgIpc) is 2.50. The van der Waals surface area contributed by atoms with Gasteiger partial charge in [0.25, 0.3) is 0 Å². The number of hydrogen-bond acceptors (Lipinski definition) is 1. The maximum atomic E-state index is 10.3. The second-order valence-corrected chi connectivity index (χ2v) is 5.37. The molecule has 0 rings (SSSR count). The maximum absolute atomic E-state index is 10.3. The summed E-state index contributed by atoms with van der Waals surface area (Å²) in [5.41, 5.74) is 0. The van der Waals surface area contributed by atoms with Crippen molar-refractivity contribution in [2.24, 2.45) is 0 Å². The topological polar surface area (TPSA) is 37.3 Å². The van der Waals surface area contributed by atoms with Crippen LogP contribution in [0.1, 0.15) is 74.0 Å². The zero-order valence-electron chi connectivity index (χ0n) is 16.8. The number of allylic oxidation sites excluding steroid dienone is 8. The molecule has 0 saturated carbocycles. The summed E-state index contributed by atoms with van der Waals surface area (Å²) in [5, 5.41) is 8.49. The van der Waals surface area contributed by atoms with Crippen molar-refractivity contribution < 1.29 is 12.8 Å². The SMILES string of the molecule is CCCCCC=CCC=CCC=CCC=CCCCC(=O)O.[Ca+2].[H-].[H-]. The molecule has 0 fully saturated rings. The van der Waals surface area contributed by atoms with E-state index in [1.54, 1.807) is 0 Å². The molecule has 0 aliphatic rings. The van der Waals surface area contributed by atoms with Crippen LogP contribution in [-0.2, 0) is 4.79 Å². The van der Waals surface area contributed by atoms with E-state index in [2.05, 4.69) is 55.5 Å². The van der Waals surface area contributed by atoms with Crippen molar-refractivity contribution in [3.63, 3.8) is 0 Å². The number of hydrogen-bond donors (Lipinski definition) is 1. The molecule has 0 unspecified atom stereocenters. The zero-order chi connectivity index (χ0) is 16.3. The first-order chi connectivity index (χ1) is 10.8. The van der Waals surface area contributed by atoms with Gasteiger partial charge in [-0.05, 0) is 44.9 Å². The molecule has 3 heteroatoms. The molecule has 0 radical (unpaired) electrons. The van der Waals surface area contributed by atoms with E-state index in [9.17, 15) is 4.79 Å². The molecule has 128 valence electrons. The predicted molar refractivity (Wildman–Crippen MR) is 104 cm³/mol. The number of carboxylic acid groups (broad SMARTS) is 1. The molecule has 0 atom stereocenters. The molecule has 0 spiro atoms. The maximum Gasteiger partial charge on any atom is 2.00 e. The molecular formula is C20H34CaO2. The van der Waals surface area contributed by atoms with E-state index in [1.807, 2.05) is 0 Å². The normalized spacial score (nSPS) is 11.9. The summed E-state index contributed by atoms with van der Waals surface area (Å²) in [7, 11) is 0. The zero-order valence-corrected chi connectivity index (χ0v) is 17.0. The van der Waals surface area contributed by atoms with Crippen LogP contribution in [0.4, 0.5) is 0 Å². The van der Waals surface area contributed by atoms with E-state index < -0.39 is 5.97 Å². The van der Waals surface area contributed by atoms with Crippen LogP contribution >= 0.6 is 0 Å². The van der Waals surface area contributed by atoms with Gasteiger partial charge >= 0.3 is 43.7 Å². The van der Waals surface area contributed by atoms with E-state index in [1.165, 1.54) is 25.7 Å². The second-order valence-electron chi connectivity index (χ2n) is 5.37. The van der Waals surface area contributed by atoms with E-state index in [4.69, 9.17) is 5.11 Å². The van der Waals surface area contributed by atoms with Crippen molar-refractivity contribution in [1.29, 1.82) is 0 Å². The van der Waals surface area contributed by atoms with Crippen molar-refractivity contribution in [3.8, 4) is 0 Å². The molecule has 0 heterocycles. The second kappa shape index (κ2) is 21.7. The number of rotatable bonds is 14. The van der Waals surface area contributed by atoms with Crippen LogP contribution in [0.15, 0.2) is 48.6 Å². The first kappa shape index (κ1) is 24.9. The van der Waals surface area contributed by atoms with Crippen molar-refractivity contribution in [2.45, 2.75) is 71.1 Å². The Balaban J connectivity index is -0.000000735. The Kier molecular flexibility index (Phi) is 23.5. The Morgan fingerprint density at radius 3 is 1.65 bits per heavy atom. The molecule has 0 aromatic heterocycles. The summed E-state index contributed by atoms with van der Waals surface area (Å²) in [6, 6.07) is 0. The number of carbonyl (C=O) groups is 1. The molecular weight excluding hydrogens is 312 g/mol. The smallest absolute Gasteiger partial charge is 1.00 e. The third-order valence-electron chi connectivity index (χ3n) is 3.22. The van der Waals surface area contributed by atoms with Gasteiger partial charge in [-0.1, -0.05) is 68.4 Å². The van der Waals surface area contributed by atoms with Crippen LogP contribution in [0.5, 0.6) is 0 Å². The minimum atomic E-state index is -0.712. The van der Waals surface area contributed by atoms with Gasteiger partial charge < -0.3 is 7.96 Å². The molecule has 0 aliphatic heterocycles. The van der Waals surface area contributed by atoms with Crippen molar-refractivity contribution in [2.75, 3.05) is 0 Å². The van der Waals surface area contributed by atoms with Crippen LogP contribution in [-0.4, -0.2) is 48.8 Å². The first-order valence-corrected chi connectivity index (χ1v) is 8.59. The monoisotopic (exact) mass is 346 g/mol. The quantitative estimate of drug-likeness (QED) is 0.236. The Morgan fingerprint density at radius 2 is 1.22 bits per heavy atom. The third-order valence-corrected chi connectivity index (χ3v) is 3.22. The van der Waals surface area contributed by atoms with Crippen LogP contribution in [0.2, 0.25) is 0 Å². The Morgan fingerprint density at radius 1 is 0.783 bits per heavy atom. The third kappa shape index (κ3) is 24.1. The number of aliphatic carboxylic acids is 1. The van der Waals surface area contributed by atoms with Crippen molar-refractivity contribution in [1.82, 2.24) is 0 Å². The van der Waals surface area contributed by atoms with Gasteiger partial charge in [-0.15, -0.1) is 0 Å². The fourth-order valence-electron chi connectivity index (χ4n) is 1.93. The summed E-state index contributed by atoms with van der Waals surface area (Å²) in [6.07, 6.45) is 27.3. The largest absolute Gasteiger partial charge is 2.00 e. The van der Waals surface area contributed by atoms with E-state index in [0.29, 0.717) is 0 Å². The average molecular weight is 347 g/mol. The summed E-state index contributed by atoms with van der Waals surface area (Å²) in [4.78, 5) is 10.3. The molecule has 0 aliphatic carbocycles. The molecule has 0 amide bonds. The van der Waals surface area contributed by atoms with Crippen LogP contribution < -0.4 is 0 Å². The van der Waals surface area contributed by atoms with Crippen LogP contribution in [0, 0.1) is 0 Å². The number of carboxylic acids is 1. The Labute approximate surface area is 175 Å². The minimum Gasteiger partial charge on any atom is -1.00 e. The summed E-state index contributed by atoms with van der Waals surface area (Å²) < 4.78 is 0. The van der Waals surface area contributed by atoms with Crippen LogP contribution in [0.3, 0.4) is 0 Å². The molecule has 23 heavy (non-hydrogen) atoms. The molecule has 0 bridgehead atoms. The summed E-state index contributed by atoms with van der Waals surface area (Å²) in [5.74, 6) is -0.712. The molecule has 1 N–H and O–H groups in total. The van der Waals surface area contributed by atoms with Gasteiger partial charge in [-0.25, -0.2) is 0 Å².